The van der Waals surface area contributed by atoms with Crippen molar-refractivity contribution in [2.45, 2.75) is 51.7 Å². The van der Waals surface area contributed by atoms with Gasteiger partial charge in [0, 0.05) is 44.3 Å². The molecule has 0 unspecified atom stereocenters. The average molecular weight is 317 g/mol. The Labute approximate surface area is 138 Å². The van der Waals surface area contributed by atoms with Gasteiger partial charge in [-0.3, -0.25) is 14.7 Å². The van der Waals surface area contributed by atoms with Crippen LogP contribution in [-0.2, 0) is 11.3 Å². The molecule has 0 spiro atoms. The van der Waals surface area contributed by atoms with E-state index in [0.29, 0.717) is 12.0 Å². The topological polar surface area (TPSA) is 56.7 Å². The minimum atomic E-state index is -0.230. The van der Waals surface area contributed by atoms with Crippen molar-refractivity contribution >= 4 is 5.91 Å². The molecule has 23 heavy (non-hydrogen) atoms. The van der Waals surface area contributed by atoms with Crippen LogP contribution in [0.3, 0.4) is 0 Å². The number of fused-ring (bicyclic) bond motifs is 1. The standard InChI is InChI=1S/C18H27N3O2/c1-13-5-4-7-19-16(13)11-21-17-6-8-20(14(2)23)10-15(17)9-18(21,3)12-22/h4-5,7,15,17,22H,6,8-12H2,1-3H3/t15-,17-,18+/m0/s1. The molecule has 5 heteroatoms. The van der Waals surface area contributed by atoms with Crippen molar-refractivity contribution in [1.29, 1.82) is 0 Å². The van der Waals surface area contributed by atoms with Gasteiger partial charge in [0.25, 0.3) is 0 Å². The molecule has 2 aliphatic heterocycles. The average Bonchev–Trinajstić information content (AvgIpc) is 2.81. The van der Waals surface area contributed by atoms with E-state index >= 15 is 0 Å². The number of aryl methyl sites for hydroxylation is 1. The summed E-state index contributed by atoms with van der Waals surface area (Å²) < 4.78 is 0. The van der Waals surface area contributed by atoms with Crippen LogP contribution in [0.5, 0.6) is 0 Å². The van der Waals surface area contributed by atoms with Crippen LogP contribution >= 0.6 is 0 Å². The summed E-state index contributed by atoms with van der Waals surface area (Å²) in [5.41, 5.74) is 2.05. The predicted molar refractivity (Wildman–Crippen MR) is 88.8 cm³/mol. The lowest BCUT2D eigenvalue weighted by Gasteiger charge is -2.40. The number of amides is 1. The lowest BCUT2D eigenvalue weighted by atomic mass is 9.89. The molecule has 1 aromatic heterocycles. The highest BCUT2D eigenvalue weighted by atomic mass is 16.3. The Morgan fingerprint density at radius 3 is 2.96 bits per heavy atom. The second-order valence-electron chi connectivity index (χ2n) is 7.34. The zero-order chi connectivity index (χ0) is 16.6. The maximum absolute atomic E-state index is 11.7. The van der Waals surface area contributed by atoms with Gasteiger partial charge in [-0.15, -0.1) is 0 Å². The van der Waals surface area contributed by atoms with E-state index in [4.69, 9.17) is 0 Å². The summed E-state index contributed by atoms with van der Waals surface area (Å²) in [5.74, 6) is 0.599. The molecule has 0 bridgehead atoms. The zero-order valence-electron chi connectivity index (χ0n) is 14.3. The summed E-state index contributed by atoms with van der Waals surface area (Å²) in [4.78, 5) is 20.6. The van der Waals surface area contributed by atoms with E-state index in [0.717, 1.165) is 38.2 Å². The fraction of sp³-hybridized carbons (Fsp3) is 0.667. The summed E-state index contributed by atoms with van der Waals surface area (Å²) in [5, 5.41) is 10.0. The number of aliphatic hydroxyl groups excluding tert-OH is 1. The van der Waals surface area contributed by atoms with Crippen molar-refractivity contribution in [3.63, 3.8) is 0 Å². The van der Waals surface area contributed by atoms with E-state index in [1.807, 2.05) is 17.2 Å². The molecule has 2 aliphatic rings. The van der Waals surface area contributed by atoms with Gasteiger partial charge in [-0.2, -0.15) is 0 Å². The number of hydrogen-bond acceptors (Lipinski definition) is 4. The van der Waals surface area contributed by atoms with Gasteiger partial charge < -0.3 is 10.0 Å². The van der Waals surface area contributed by atoms with Gasteiger partial charge in [0.15, 0.2) is 0 Å². The van der Waals surface area contributed by atoms with E-state index in [-0.39, 0.29) is 18.1 Å². The highest BCUT2D eigenvalue weighted by Crippen LogP contribution is 2.42. The first kappa shape index (κ1) is 16.4. The summed E-state index contributed by atoms with van der Waals surface area (Å²) in [6.07, 6.45) is 3.75. The molecule has 0 saturated carbocycles. The third-order valence-corrected chi connectivity index (χ3v) is 5.71. The van der Waals surface area contributed by atoms with Crippen LogP contribution < -0.4 is 0 Å². The molecule has 3 heterocycles. The van der Waals surface area contributed by atoms with Gasteiger partial charge >= 0.3 is 0 Å². The summed E-state index contributed by atoms with van der Waals surface area (Å²) in [6.45, 7) is 8.42. The Kier molecular flexibility index (Phi) is 4.43. The summed E-state index contributed by atoms with van der Waals surface area (Å²) in [7, 11) is 0. The number of piperidine rings is 1. The van der Waals surface area contributed by atoms with Crippen molar-refractivity contribution < 1.29 is 9.90 Å². The summed E-state index contributed by atoms with van der Waals surface area (Å²) >= 11 is 0. The van der Waals surface area contributed by atoms with E-state index in [2.05, 4.69) is 29.8 Å². The second kappa shape index (κ2) is 6.21. The number of carbonyl (C=O) groups is 1. The van der Waals surface area contributed by atoms with Gasteiger partial charge in [0.2, 0.25) is 5.91 Å². The first-order valence-corrected chi connectivity index (χ1v) is 8.48. The van der Waals surface area contributed by atoms with Crippen molar-refractivity contribution in [3.05, 3.63) is 29.6 Å². The molecule has 1 N–H and O–H groups in total. The number of aliphatic hydroxyl groups is 1. The first-order valence-electron chi connectivity index (χ1n) is 8.48. The second-order valence-corrected chi connectivity index (χ2v) is 7.34. The quantitative estimate of drug-likeness (QED) is 0.920. The smallest absolute Gasteiger partial charge is 0.219 e. The van der Waals surface area contributed by atoms with Crippen LogP contribution in [0.4, 0.5) is 0 Å². The molecule has 2 fully saturated rings. The van der Waals surface area contributed by atoms with Gasteiger partial charge in [-0.05, 0) is 44.2 Å². The molecular weight excluding hydrogens is 290 g/mol. The Hall–Kier alpha value is -1.46. The maximum atomic E-state index is 11.7. The monoisotopic (exact) mass is 317 g/mol. The summed E-state index contributed by atoms with van der Waals surface area (Å²) in [6, 6.07) is 4.47. The third kappa shape index (κ3) is 3.00. The van der Waals surface area contributed by atoms with Crippen LogP contribution in [0.2, 0.25) is 0 Å². The number of rotatable bonds is 3. The van der Waals surface area contributed by atoms with Gasteiger partial charge in [0.1, 0.15) is 0 Å². The largest absolute Gasteiger partial charge is 0.394 e. The fourth-order valence-electron chi connectivity index (χ4n) is 4.31. The number of nitrogens with zero attached hydrogens (tertiary/aromatic N) is 3. The molecule has 1 aromatic rings. The molecule has 0 aliphatic carbocycles. The van der Waals surface area contributed by atoms with Crippen LogP contribution in [0.1, 0.15) is 37.9 Å². The van der Waals surface area contributed by atoms with Crippen LogP contribution in [0.15, 0.2) is 18.3 Å². The SMILES string of the molecule is CC(=O)N1CC[C@H]2[C@H](C1)C[C@](C)(CO)N2Cc1ncccc1C. The first-order chi connectivity index (χ1) is 10.9. The Balaban J connectivity index is 1.83. The molecule has 126 valence electrons. The van der Waals surface area contributed by atoms with Crippen molar-refractivity contribution in [2.24, 2.45) is 5.92 Å². The lowest BCUT2D eigenvalue weighted by Crippen LogP contribution is -2.51. The molecule has 0 radical (unpaired) electrons. The fourth-order valence-corrected chi connectivity index (χ4v) is 4.31. The minimum Gasteiger partial charge on any atom is -0.394 e. The highest BCUT2D eigenvalue weighted by Gasteiger charge is 2.50. The Bertz CT molecular complexity index is 591. The van der Waals surface area contributed by atoms with Gasteiger partial charge in [-0.25, -0.2) is 0 Å². The van der Waals surface area contributed by atoms with E-state index in [1.165, 1.54) is 5.56 Å². The lowest BCUT2D eigenvalue weighted by molar-refractivity contribution is -0.131. The highest BCUT2D eigenvalue weighted by molar-refractivity contribution is 5.73. The molecular formula is C18H27N3O2. The predicted octanol–water partition coefficient (Wildman–Crippen LogP) is 1.58. The van der Waals surface area contributed by atoms with Crippen molar-refractivity contribution in [1.82, 2.24) is 14.8 Å². The van der Waals surface area contributed by atoms with Crippen molar-refractivity contribution in [2.75, 3.05) is 19.7 Å². The normalized spacial score (nSPS) is 31.2. The number of pyridine rings is 1. The third-order valence-electron chi connectivity index (χ3n) is 5.71. The van der Waals surface area contributed by atoms with Gasteiger partial charge in [-0.1, -0.05) is 6.07 Å². The van der Waals surface area contributed by atoms with Crippen LogP contribution in [0, 0.1) is 12.8 Å². The molecule has 2 saturated heterocycles. The number of aromatic nitrogens is 1. The molecule has 3 rings (SSSR count). The van der Waals surface area contributed by atoms with Crippen LogP contribution in [-0.4, -0.2) is 57.1 Å². The van der Waals surface area contributed by atoms with Gasteiger partial charge in [0.05, 0.1) is 12.3 Å². The maximum Gasteiger partial charge on any atom is 0.219 e. The molecule has 1 amide bonds. The Morgan fingerprint density at radius 1 is 1.52 bits per heavy atom. The Morgan fingerprint density at radius 2 is 2.30 bits per heavy atom. The number of likely N-dealkylation sites (tertiary alicyclic amines) is 2. The van der Waals surface area contributed by atoms with E-state index < -0.39 is 0 Å². The van der Waals surface area contributed by atoms with E-state index in [1.54, 1.807) is 6.92 Å². The van der Waals surface area contributed by atoms with Crippen molar-refractivity contribution in [3.8, 4) is 0 Å². The van der Waals surface area contributed by atoms with Crippen LogP contribution in [0.25, 0.3) is 0 Å². The molecule has 0 aromatic carbocycles. The molecule has 3 atom stereocenters. The molecule has 5 nitrogen and oxygen atoms in total. The zero-order valence-corrected chi connectivity index (χ0v) is 14.3. The minimum absolute atomic E-state index is 0.145. The number of hydrogen-bond donors (Lipinski definition) is 1. The van der Waals surface area contributed by atoms with E-state index in [9.17, 15) is 9.90 Å². The number of carbonyl (C=O) groups excluding carboxylic acids is 1.